The van der Waals surface area contributed by atoms with Crippen molar-refractivity contribution in [3.63, 3.8) is 0 Å². The Morgan fingerprint density at radius 2 is 2.17 bits per heavy atom. The molecule has 0 bridgehead atoms. The minimum absolute atomic E-state index is 0.615. The van der Waals surface area contributed by atoms with E-state index < -0.39 is 0 Å². The number of hydrogen-bond donors (Lipinski definition) is 1. The van der Waals surface area contributed by atoms with Gasteiger partial charge in [0.15, 0.2) is 0 Å². The molecule has 0 aromatic carbocycles. The van der Waals surface area contributed by atoms with Crippen LogP contribution in [0.4, 0.5) is 0 Å². The van der Waals surface area contributed by atoms with Gasteiger partial charge in [-0.3, -0.25) is 4.68 Å². The highest BCUT2D eigenvalue weighted by atomic mass is 15.2. The third kappa shape index (κ3) is 3.84. The first-order valence-electron chi connectivity index (χ1n) is 7.36. The van der Waals surface area contributed by atoms with E-state index in [-0.39, 0.29) is 0 Å². The summed E-state index contributed by atoms with van der Waals surface area (Å²) in [6, 6.07) is 0.615. The van der Waals surface area contributed by atoms with Crippen LogP contribution in [-0.2, 0) is 13.5 Å². The Morgan fingerprint density at radius 1 is 1.39 bits per heavy atom. The quantitative estimate of drug-likeness (QED) is 0.840. The smallest absolute Gasteiger partial charge is 0.0521 e. The highest BCUT2D eigenvalue weighted by molar-refractivity contribution is 5.04. The van der Waals surface area contributed by atoms with Crippen molar-refractivity contribution >= 4 is 0 Å². The van der Waals surface area contributed by atoms with Crippen molar-refractivity contribution in [2.24, 2.45) is 18.9 Å². The molecule has 0 saturated heterocycles. The largest absolute Gasteiger partial charge is 0.314 e. The molecule has 0 spiro atoms. The third-order valence-corrected chi connectivity index (χ3v) is 4.17. The van der Waals surface area contributed by atoms with Crippen molar-refractivity contribution in [3.8, 4) is 0 Å². The number of rotatable bonds is 6. The van der Waals surface area contributed by atoms with E-state index in [1.54, 1.807) is 0 Å². The SMILES string of the molecule is CC(C)NCC1CCCC1CCc1cnn(C)c1. The van der Waals surface area contributed by atoms with E-state index in [0.29, 0.717) is 6.04 Å². The van der Waals surface area contributed by atoms with Crippen molar-refractivity contribution in [2.75, 3.05) is 6.54 Å². The average Bonchev–Trinajstić information content (AvgIpc) is 2.92. The second-order valence-corrected chi connectivity index (χ2v) is 6.07. The summed E-state index contributed by atoms with van der Waals surface area (Å²) in [4.78, 5) is 0. The molecular weight excluding hydrogens is 222 g/mol. The van der Waals surface area contributed by atoms with Crippen LogP contribution in [0.3, 0.4) is 0 Å². The van der Waals surface area contributed by atoms with Gasteiger partial charge in [-0.25, -0.2) is 0 Å². The lowest BCUT2D eigenvalue weighted by Crippen LogP contribution is -2.30. The van der Waals surface area contributed by atoms with Crippen LogP contribution in [0.5, 0.6) is 0 Å². The molecule has 1 aromatic rings. The number of hydrogen-bond acceptors (Lipinski definition) is 2. The molecule has 18 heavy (non-hydrogen) atoms. The Hall–Kier alpha value is -0.830. The van der Waals surface area contributed by atoms with Crippen LogP contribution in [0.1, 0.15) is 45.1 Å². The molecule has 102 valence electrons. The Bertz CT molecular complexity index is 356. The van der Waals surface area contributed by atoms with E-state index >= 15 is 0 Å². The molecule has 1 aromatic heterocycles. The van der Waals surface area contributed by atoms with Crippen LogP contribution in [0.15, 0.2) is 12.4 Å². The lowest BCUT2D eigenvalue weighted by Gasteiger charge is -2.21. The molecule has 1 heterocycles. The monoisotopic (exact) mass is 249 g/mol. The van der Waals surface area contributed by atoms with Gasteiger partial charge in [-0.15, -0.1) is 0 Å². The van der Waals surface area contributed by atoms with Gasteiger partial charge < -0.3 is 5.32 Å². The maximum atomic E-state index is 4.24. The van der Waals surface area contributed by atoms with Gasteiger partial charge in [0.1, 0.15) is 0 Å². The minimum atomic E-state index is 0.615. The number of aromatic nitrogens is 2. The van der Waals surface area contributed by atoms with E-state index in [1.807, 2.05) is 17.9 Å². The first kappa shape index (κ1) is 13.6. The Labute approximate surface area is 111 Å². The number of nitrogens with zero attached hydrogens (tertiary/aromatic N) is 2. The lowest BCUT2D eigenvalue weighted by molar-refractivity contribution is 0.338. The maximum Gasteiger partial charge on any atom is 0.0521 e. The summed E-state index contributed by atoms with van der Waals surface area (Å²) in [7, 11) is 1.99. The highest BCUT2D eigenvalue weighted by Gasteiger charge is 2.26. The summed E-state index contributed by atoms with van der Waals surface area (Å²) < 4.78 is 1.90. The lowest BCUT2D eigenvalue weighted by atomic mass is 9.90. The topological polar surface area (TPSA) is 29.9 Å². The number of aryl methyl sites for hydroxylation is 2. The van der Waals surface area contributed by atoms with Crippen LogP contribution < -0.4 is 5.32 Å². The van der Waals surface area contributed by atoms with Crippen LogP contribution in [0.25, 0.3) is 0 Å². The molecule has 3 heteroatoms. The first-order valence-corrected chi connectivity index (χ1v) is 7.36. The van der Waals surface area contributed by atoms with Crippen LogP contribution in [0, 0.1) is 11.8 Å². The standard InChI is InChI=1S/C15H27N3/c1-12(2)16-10-15-6-4-5-14(15)8-7-13-9-17-18(3)11-13/h9,11-12,14-16H,4-8,10H2,1-3H3. The van der Waals surface area contributed by atoms with Gasteiger partial charge in [0, 0.05) is 19.3 Å². The molecular formula is C15H27N3. The molecule has 0 amide bonds. The molecule has 2 unspecified atom stereocenters. The Balaban J connectivity index is 1.77. The second kappa shape index (κ2) is 6.37. The summed E-state index contributed by atoms with van der Waals surface area (Å²) in [6.07, 6.45) is 10.9. The van der Waals surface area contributed by atoms with Gasteiger partial charge in [0.25, 0.3) is 0 Å². The molecule has 1 fully saturated rings. The maximum absolute atomic E-state index is 4.24. The summed E-state index contributed by atoms with van der Waals surface area (Å²) in [6.45, 7) is 5.68. The molecule has 2 atom stereocenters. The summed E-state index contributed by atoms with van der Waals surface area (Å²) in [5.74, 6) is 1.81. The van der Waals surface area contributed by atoms with Crippen molar-refractivity contribution in [1.29, 1.82) is 0 Å². The predicted octanol–water partition coefficient (Wildman–Crippen LogP) is 2.77. The van der Waals surface area contributed by atoms with Crippen molar-refractivity contribution in [3.05, 3.63) is 18.0 Å². The molecule has 3 nitrogen and oxygen atoms in total. The molecule has 1 aliphatic rings. The van der Waals surface area contributed by atoms with Crippen molar-refractivity contribution < 1.29 is 0 Å². The highest BCUT2D eigenvalue weighted by Crippen LogP contribution is 2.34. The fourth-order valence-electron chi connectivity index (χ4n) is 3.10. The van der Waals surface area contributed by atoms with Gasteiger partial charge >= 0.3 is 0 Å². The fraction of sp³-hybridized carbons (Fsp3) is 0.800. The Kier molecular flexibility index (Phi) is 4.81. The fourth-order valence-corrected chi connectivity index (χ4v) is 3.10. The summed E-state index contributed by atoms with van der Waals surface area (Å²) in [5, 5.41) is 7.85. The van der Waals surface area contributed by atoms with Gasteiger partial charge in [0.2, 0.25) is 0 Å². The zero-order valence-electron chi connectivity index (χ0n) is 12.0. The average molecular weight is 249 g/mol. The van der Waals surface area contributed by atoms with E-state index in [2.05, 4.69) is 30.5 Å². The van der Waals surface area contributed by atoms with Crippen LogP contribution >= 0.6 is 0 Å². The van der Waals surface area contributed by atoms with Crippen LogP contribution in [-0.4, -0.2) is 22.4 Å². The van der Waals surface area contributed by atoms with E-state index in [0.717, 1.165) is 11.8 Å². The van der Waals surface area contributed by atoms with Gasteiger partial charge in [-0.1, -0.05) is 26.7 Å². The molecule has 1 saturated carbocycles. The molecule has 0 aliphatic heterocycles. The zero-order chi connectivity index (χ0) is 13.0. The molecule has 2 rings (SSSR count). The summed E-state index contributed by atoms with van der Waals surface area (Å²) >= 11 is 0. The summed E-state index contributed by atoms with van der Waals surface area (Å²) in [5.41, 5.74) is 1.39. The van der Waals surface area contributed by atoms with Gasteiger partial charge in [-0.2, -0.15) is 5.10 Å². The van der Waals surface area contributed by atoms with Crippen LogP contribution in [0.2, 0.25) is 0 Å². The minimum Gasteiger partial charge on any atom is -0.314 e. The molecule has 1 N–H and O–H groups in total. The third-order valence-electron chi connectivity index (χ3n) is 4.17. The number of nitrogens with one attached hydrogen (secondary N) is 1. The van der Waals surface area contributed by atoms with E-state index in [9.17, 15) is 0 Å². The second-order valence-electron chi connectivity index (χ2n) is 6.07. The molecule has 1 aliphatic carbocycles. The predicted molar refractivity (Wildman–Crippen MR) is 75.5 cm³/mol. The first-order chi connectivity index (χ1) is 8.65. The van der Waals surface area contributed by atoms with E-state index in [1.165, 1.54) is 44.2 Å². The molecule has 0 radical (unpaired) electrons. The van der Waals surface area contributed by atoms with Gasteiger partial charge in [0.05, 0.1) is 6.20 Å². The Morgan fingerprint density at radius 3 is 2.83 bits per heavy atom. The zero-order valence-corrected chi connectivity index (χ0v) is 12.0. The normalized spacial score (nSPS) is 24.0. The van der Waals surface area contributed by atoms with Crippen molar-refractivity contribution in [2.45, 2.75) is 52.0 Å². The van der Waals surface area contributed by atoms with E-state index in [4.69, 9.17) is 0 Å². The van der Waals surface area contributed by atoms with Crippen molar-refractivity contribution in [1.82, 2.24) is 15.1 Å². The van der Waals surface area contributed by atoms with Gasteiger partial charge in [-0.05, 0) is 43.2 Å².